The van der Waals surface area contributed by atoms with Crippen LogP contribution in [0.1, 0.15) is 34.4 Å². The number of hydrogen-bond donors (Lipinski definition) is 1. The highest BCUT2D eigenvalue weighted by molar-refractivity contribution is 6.31. The predicted molar refractivity (Wildman–Crippen MR) is 104 cm³/mol. The number of fused-ring (bicyclic) bond motifs is 4. The van der Waals surface area contributed by atoms with Crippen LogP contribution in [-0.4, -0.2) is 10.6 Å². The van der Waals surface area contributed by atoms with E-state index in [-0.39, 0.29) is 5.60 Å². The van der Waals surface area contributed by atoms with Crippen LogP contribution in [0, 0.1) is 18.3 Å². The average molecular weight is 361 g/mol. The molecular formula is C22H17ClN2O. The lowest BCUT2D eigenvalue weighted by Gasteiger charge is -2.38. The first-order chi connectivity index (χ1) is 12.6. The Morgan fingerprint density at radius 2 is 2.15 bits per heavy atom. The summed E-state index contributed by atoms with van der Waals surface area (Å²) in [5.41, 5.74) is 6.03. The van der Waals surface area contributed by atoms with Gasteiger partial charge in [-0.05, 0) is 67.3 Å². The van der Waals surface area contributed by atoms with Crippen molar-refractivity contribution in [3.63, 3.8) is 0 Å². The van der Waals surface area contributed by atoms with E-state index < -0.39 is 0 Å². The summed E-state index contributed by atoms with van der Waals surface area (Å²) in [6, 6.07) is 12.1. The summed E-state index contributed by atoms with van der Waals surface area (Å²) in [5, 5.41) is 11.1. The maximum absolute atomic E-state index is 9.23. The van der Waals surface area contributed by atoms with E-state index in [1.54, 1.807) is 0 Å². The lowest BCUT2D eigenvalue weighted by atomic mass is 9.80. The van der Waals surface area contributed by atoms with Gasteiger partial charge in [0, 0.05) is 33.6 Å². The molecule has 2 heterocycles. The zero-order valence-electron chi connectivity index (χ0n) is 14.4. The van der Waals surface area contributed by atoms with Gasteiger partial charge in [0.15, 0.2) is 0 Å². The van der Waals surface area contributed by atoms with Crippen LogP contribution >= 0.6 is 11.6 Å². The number of H-pyrrole nitrogens is 1. The quantitative estimate of drug-likeness (QED) is 0.588. The van der Waals surface area contributed by atoms with Crippen molar-refractivity contribution in [1.29, 1.82) is 5.26 Å². The molecule has 3 nitrogen and oxygen atoms in total. The number of rotatable bonds is 0. The minimum atomic E-state index is -0.335. The van der Waals surface area contributed by atoms with Gasteiger partial charge >= 0.3 is 0 Å². The van der Waals surface area contributed by atoms with Crippen molar-refractivity contribution in [3.05, 3.63) is 69.4 Å². The lowest BCUT2D eigenvalue weighted by Crippen LogP contribution is -2.41. The molecule has 0 bridgehead atoms. The fourth-order valence-electron chi connectivity index (χ4n) is 4.13. The van der Waals surface area contributed by atoms with Gasteiger partial charge in [0.25, 0.3) is 0 Å². The molecule has 0 saturated carbocycles. The van der Waals surface area contributed by atoms with Crippen LogP contribution in [0.2, 0.25) is 5.02 Å². The SMILES string of the molecule is Cc1cc2c(cc1Cl)C=CC1(CCc3[nH]c4ccc(C#N)cc4c3C1)O2. The number of halogens is 1. The highest BCUT2D eigenvalue weighted by atomic mass is 35.5. The van der Waals surface area contributed by atoms with Crippen molar-refractivity contribution in [2.24, 2.45) is 0 Å². The molecule has 0 amide bonds. The van der Waals surface area contributed by atoms with Gasteiger partial charge in [-0.3, -0.25) is 0 Å². The monoisotopic (exact) mass is 360 g/mol. The Balaban J connectivity index is 1.58. The molecule has 26 heavy (non-hydrogen) atoms. The summed E-state index contributed by atoms with van der Waals surface area (Å²) < 4.78 is 6.50. The largest absolute Gasteiger partial charge is 0.482 e. The third-order valence-corrected chi connectivity index (χ3v) is 5.98. The molecule has 128 valence electrons. The van der Waals surface area contributed by atoms with Crippen molar-refractivity contribution in [2.75, 3.05) is 0 Å². The van der Waals surface area contributed by atoms with Crippen LogP contribution in [0.4, 0.5) is 0 Å². The maximum atomic E-state index is 9.23. The van der Waals surface area contributed by atoms with Gasteiger partial charge in [-0.15, -0.1) is 0 Å². The molecule has 1 N–H and O–H groups in total. The lowest BCUT2D eigenvalue weighted by molar-refractivity contribution is 0.101. The molecule has 5 rings (SSSR count). The number of aromatic nitrogens is 1. The van der Waals surface area contributed by atoms with Crippen molar-refractivity contribution in [2.45, 2.75) is 31.8 Å². The van der Waals surface area contributed by atoms with E-state index in [4.69, 9.17) is 16.3 Å². The van der Waals surface area contributed by atoms with E-state index in [1.807, 2.05) is 37.3 Å². The normalized spacial score (nSPS) is 20.5. The van der Waals surface area contributed by atoms with Gasteiger partial charge in [-0.25, -0.2) is 0 Å². The molecule has 1 atom stereocenters. The second-order valence-corrected chi connectivity index (χ2v) is 7.68. The average Bonchev–Trinajstić information content (AvgIpc) is 3.00. The third kappa shape index (κ3) is 2.26. The van der Waals surface area contributed by atoms with Gasteiger partial charge in [0.1, 0.15) is 11.4 Å². The van der Waals surface area contributed by atoms with Gasteiger partial charge < -0.3 is 9.72 Å². The second kappa shape index (κ2) is 5.40. The molecule has 1 aliphatic carbocycles. The van der Waals surface area contributed by atoms with Crippen molar-refractivity contribution < 1.29 is 4.74 Å². The minimum Gasteiger partial charge on any atom is -0.482 e. The summed E-state index contributed by atoms with van der Waals surface area (Å²) in [5.74, 6) is 0.899. The molecule has 1 unspecified atom stereocenters. The van der Waals surface area contributed by atoms with Crippen LogP contribution in [0.5, 0.6) is 5.75 Å². The smallest absolute Gasteiger partial charge is 0.132 e. The number of nitriles is 1. The Hall–Kier alpha value is -2.70. The van der Waals surface area contributed by atoms with E-state index in [9.17, 15) is 5.26 Å². The summed E-state index contributed by atoms with van der Waals surface area (Å²) in [6.45, 7) is 2.00. The Morgan fingerprint density at radius 1 is 1.27 bits per heavy atom. The summed E-state index contributed by atoms with van der Waals surface area (Å²) in [6.07, 6.45) is 6.96. The van der Waals surface area contributed by atoms with Crippen LogP contribution in [0.3, 0.4) is 0 Å². The molecule has 0 fully saturated rings. The predicted octanol–water partition coefficient (Wildman–Crippen LogP) is 5.33. The topological polar surface area (TPSA) is 48.8 Å². The van der Waals surface area contributed by atoms with Crippen molar-refractivity contribution in [1.82, 2.24) is 4.98 Å². The fraction of sp³-hybridized carbons (Fsp3) is 0.227. The number of nitrogens with zero attached hydrogens (tertiary/aromatic N) is 1. The zero-order chi connectivity index (χ0) is 17.9. The molecule has 1 aliphatic heterocycles. The molecule has 2 aliphatic rings. The third-order valence-electron chi connectivity index (χ3n) is 5.57. The first kappa shape index (κ1) is 15.5. The molecule has 1 aromatic heterocycles. The molecule has 0 saturated heterocycles. The van der Waals surface area contributed by atoms with Gasteiger partial charge in [-0.2, -0.15) is 5.26 Å². The van der Waals surface area contributed by atoms with Crippen molar-refractivity contribution in [3.8, 4) is 11.8 Å². The van der Waals surface area contributed by atoms with Crippen LogP contribution < -0.4 is 4.74 Å². The number of benzene rings is 2. The highest BCUT2D eigenvalue weighted by Gasteiger charge is 2.38. The summed E-state index contributed by atoms with van der Waals surface area (Å²) in [7, 11) is 0. The summed E-state index contributed by atoms with van der Waals surface area (Å²) in [4.78, 5) is 3.52. The molecule has 0 radical (unpaired) electrons. The molecule has 4 heteroatoms. The Bertz CT molecular complexity index is 1140. The van der Waals surface area contributed by atoms with Crippen LogP contribution in [-0.2, 0) is 12.8 Å². The van der Waals surface area contributed by atoms with E-state index in [0.29, 0.717) is 5.56 Å². The number of hydrogen-bond acceptors (Lipinski definition) is 2. The van der Waals surface area contributed by atoms with E-state index in [0.717, 1.165) is 52.1 Å². The number of aromatic amines is 1. The Morgan fingerprint density at radius 3 is 3.00 bits per heavy atom. The van der Waals surface area contributed by atoms with Gasteiger partial charge in [0.2, 0.25) is 0 Å². The first-order valence-electron chi connectivity index (χ1n) is 8.79. The maximum Gasteiger partial charge on any atom is 0.132 e. The summed E-state index contributed by atoms with van der Waals surface area (Å²) >= 11 is 6.25. The molecular weight excluding hydrogens is 344 g/mol. The Labute approximate surface area is 156 Å². The highest BCUT2D eigenvalue weighted by Crippen LogP contribution is 2.42. The number of aryl methyl sites for hydroxylation is 2. The van der Waals surface area contributed by atoms with E-state index >= 15 is 0 Å². The standard InChI is InChI=1S/C22H17ClN2O/c1-13-8-21-15(10-18(13)23)4-6-22(26-21)7-5-20-17(11-22)16-9-14(12-24)2-3-19(16)25-20/h2-4,6,8-10,25H,5,7,11H2,1H3. The van der Waals surface area contributed by atoms with Crippen LogP contribution in [0.15, 0.2) is 36.4 Å². The molecule has 3 aromatic rings. The second-order valence-electron chi connectivity index (χ2n) is 7.27. The van der Waals surface area contributed by atoms with Crippen LogP contribution in [0.25, 0.3) is 17.0 Å². The number of ether oxygens (including phenoxy) is 1. The van der Waals surface area contributed by atoms with Gasteiger partial charge in [-0.1, -0.05) is 17.7 Å². The van der Waals surface area contributed by atoms with Crippen molar-refractivity contribution >= 4 is 28.6 Å². The first-order valence-corrected chi connectivity index (χ1v) is 9.17. The Kier molecular flexibility index (Phi) is 3.23. The molecule has 1 spiro atoms. The zero-order valence-corrected chi connectivity index (χ0v) is 15.2. The molecule has 2 aromatic carbocycles. The number of nitrogens with one attached hydrogen (secondary N) is 1. The fourth-order valence-corrected chi connectivity index (χ4v) is 4.30. The van der Waals surface area contributed by atoms with E-state index in [1.165, 1.54) is 11.3 Å². The minimum absolute atomic E-state index is 0.335. The van der Waals surface area contributed by atoms with E-state index in [2.05, 4.69) is 23.2 Å². The van der Waals surface area contributed by atoms with Gasteiger partial charge in [0.05, 0.1) is 11.6 Å².